The summed E-state index contributed by atoms with van der Waals surface area (Å²) in [4.78, 5) is 32.9. The first kappa shape index (κ1) is 21.2. The number of carbonyl (C=O) groups excluding carboxylic acids is 2. The van der Waals surface area contributed by atoms with Crippen molar-refractivity contribution in [2.75, 3.05) is 18.4 Å². The second-order valence-electron chi connectivity index (χ2n) is 8.34. The topological polar surface area (TPSA) is 130 Å². The number of nitrogens with one attached hydrogen (secondary N) is 1. The molecular weight excluding hydrogens is 440 g/mol. The highest BCUT2D eigenvalue weighted by Crippen LogP contribution is 2.47. The zero-order valence-electron chi connectivity index (χ0n) is 18.1. The summed E-state index contributed by atoms with van der Waals surface area (Å²) in [7, 11) is 0. The second-order valence-corrected chi connectivity index (χ2v) is 9.12. The van der Waals surface area contributed by atoms with Crippen molar-refractivity contribution < 1.29 is 9.59 Å². The number of aromatic nitrogens is 5. The van der Waals surface area contributed by atoms with E-state index in [1.165, 1.54) is 34.9 Å². The molecule has 2 amide bonds. The minimum absolute atomic E-state index is 0.105. The average molecular weight is 463 g/mol. The fraction of sp³-hybridized carbons (Fsp3) is 0.409. The van der Waals surface area contributed by atoms with E-state index in [0.29, 0.717) is 22.3 Å². The van der Waals surface area contributed by atoms with Gasteiger partial charge in [-0.3, -0.25) is 9.59 Å². The molecular formula is C22H22N8O2S. The van der Waals surface area contributed by atoms with Crippen molar-refractivity contribution in [2.24, 2.45) is 0 Å². The molecule has 0 radical (unpaired) electrons. The number of anilines is 1. The molecule has 11 heteroatoms. The normalized spacial score (nSPS) is 16.4. The first-order valence-corrected chi connectivity index (χ1v) is 11.7. The Labute approximate surface area is 194 Å². The molecule has 1 aliphatic heterocycles. The van der Waals surface area contributed by atoms with E-state index < -0.39 is 0 Å². The molecule has 1 N–H and O–H groups in total. The fourth-order valence-corrected chi connectivity index (χ4v) is 5.22. The lowest BCUT2D eigenvalue weighted by molar-refractivity contribution is -0.129. The van der Waals surface area contributed by atoms with Gasteiger partial charge in [-0.05, 0) is 49.2 Å². The van der Waals surface area contributed by atoms with E-state index in [4.69, 9.17) is 4.37 Å². The zero-order valence-corrected chi connectivity index (χ0v) is 18.9. The lowest BCUT2D eigenvalue weighted by Crippen LogP contribution is -2.36. The van der Waals surface area contributed by atoms with E-state index in [1.54, 1.807) is 13.0 Å². The van der Waals surface area contributed by atoms with Crippen LogP contribution >= 0.6 is 11.5 Å². The van der Waals surface area contributed by atoms with Crippen molar-refractivity contribution in [2.45, 2.75) is 44.4 Å². The number of nitriles is 1. The Morgan fingerprint density at radius 1 is 1.15 bits per heavy atom. The summed E-state index contributed by atoms with van der Waals surface area (Å²) in [5.74, 6) is 0.802. The van der Waals surface area contributed by atoms with Gasteiger partial charge in [0.15, 0.2) is 5.82 Å². The molecule has 5 rings (SSSR count). The number of carbonyl (C=O) groups is 2. The summed E-state index contributed by atoms with van der Waals surface area (Å²) in [5.41, 5.74) is 2.77. The standard InChI is InChI=1S/C22H22N8O2S/c1-13(31)29-8-4-15(5-9-29)19-18(14-2-3-14)20(33-28-19)22(32)27-17-10-16(11-23)21(24-12-17)30-25-6-7-26-30/h6-7,10,12,14-15H,2-5,8-9H2,1H3,(H,27,32). The molecule has 0 atom stereocenters. The highest BCUT2D eigenvalue weighted by molar-refractivity contribution is 7.08. The molecule has 168 valence electrons. The molecule has 2 aliphatic rings. The minimum atomic E-state index is -0.238. The van der Waals surface area contributed by atoms with Crippen LogP contribution in [0.25, 0.3) is 5.82 Å². The molecule has 0 spiro atoms. The number of hydrogen-bond acceptors (Lipinski definition) is 8. The molecule has 1 aliphatic carbocycles. The largest absolute Gasteiger partial charge is 0.343 e. The van der Waals surface area contributed by atoms with Crippen LogP contribution in [-0.2, 0) is 4.79 Å². The van der Waals surface area contributed by atoms with Gasteiger partial charge in [-0.2, -0.15) is 19.8 Å². The maximum absolute atomic E-state index is 13.2. The van der Waals surface area contributed by atoms with Crippen LogP contribution in [-0.4, -0.2) is 54.2 Å². The summed E-state index contributed by atoms with van der Waals surface area (Å²) in [6.07, 6.45) is 8.35. The Hall–Kier alpha value is -3.65. The first-order chi connectivity index (χ1) is 16.0. The highest BCUT2D eigenvalue weighted by atomic mass is 32.1. The van der Waals surface area contributed by atoms with Crippen molar-refractivity contribution in [3.05, 3.63) is 46.4 Å². The monoisotopic (exact) mass is 462 g/mol. The number of hydrogen-bond donors (Lipinski definition) is 1. The summed E-state index contributed by atoms with van der Waals surface area (Å²) >= 11 is 1.23. The number of piperidine rings is 1. The number of likely N-dealkylation sites (tertiary alicyclic amines) is 1. The number of nitrogens with zero attached hydrogens (tertiary/aromatic N) is 7. The van der Waals surface area contributed by atoms with Gasteiger partial charge in [0.05, 0.1) is 30.0 Å². The van der Waals surface area contributed by atoms with E-state index in [-0.39, 0.29) is 23.3 Å². The Balaban J connectivity index is 1.37. The van der Waals surface area contributed by atoms with Gasteiger partial charge in [0.25, 0.3) is 5.91 Å². The van der Waals surface area contributed by atoms with Crippen molar-refractivity contribution in [1.82, 2.24) is 29.3 Å². The van der Waals surface area contributed by atoms with Crippen LogP contribution in [0.5, 0.6) is 0 Å². The van der Waals surface area contributed by atoms with Crippen molar-refractivity contribution >= 4 is 29.0 Å². The molecule has 3 aromatic rings. The van der Waals surface area contributed by atoms with Crippen LogP contribution in [0, 0.1) is 11.3 Å². The number of rotatable bonds is 5. The average Bonchev–Trinajstić information content (AvgIpc) is 3.33. The van der Waals surface area contributed by atoms with Gasteiger partial charge in [0, 0.05) is 31.5 Å². The molecule has 3 aromatic heterocycles. The van der Waals surface area contributed by atoms with Gasteiger partial charge < -0.3 is 10.2 Å². The van der Waals surface area contributed by atoms with Crippen molar-refractivity contribution in [1.29, 1.82) is 5.26 Å². The minimum Gasteiger partial charge on any atom is -0.343 e. The van der Waals surface area contributed by atoms with Crippen molar-refractivity contribution in [3.8, 4) is 11.9 Å². The Bertz CT molecular complexity index is 1230. The molecule has 10 nitrogen and oxygen atoms in total. The summed E-state index contributed by atoms with van der Waals surface area (Å²) < 4.78 is 4.70. The van der Waals surface area contributed by atoms with Crippen LogP contribution in [0.3, 0.4) is 0 Å². The van der Waals surface area contributed by atoms with E-state index in [0.717, 1.165) is 50.0 Å². The maximum Gasteiger partial charge on any atom is 0.267 e. The third-order valence-corrected chi connectivity index (χ3v) is 7.00. The molecule has 33 heavy (non-hydrogen) atoms. The third-order valence-electron chi connectivity index (χ3n) is 6.13. The lowest BCUT2D eigenvalue weighted by atomic mass is 9.89. The third kappa shape index (κ3) is 4.21. The van der Waals surface area contributed by atoms with Crippen LogP contribution in [0.4, 0.5) is 5.69 Å². The van der Waals surface area contributed by atoms with Gasteiger partial charge in [0.2, 0.25) is 5.91 Å². The molecule has 0 unspecified atom stereocenters. The van der Waals surface area contributed by atoms with E-state index in [9.17, 15) is 14.9 Å². The Kier molecular flexibility index (Phi) is 5.60. The van der Waals surface area contributed by atoms with E-state index >= 15 is 0 Å². The Morgan fingerprint density at radius 2 is 1.88 bits per heavy atom. The molecule has 2 fully saturated rings. The summed E-state index contributed by atoms with van der Waals surface area (Å²) in [6, 6.07) is 3.65. The first-order valence-electron chi connectivity index (χ1n) is 10.9. The fourth-order valence-electron chi connectivity index (χ4n) is 4.28. The van der Waals surface area contributed by atoms with Crippen LogP contribution in [0.15, 0.2) is 24.7 Å². The van der Waals surface area contributed by atoms with Crippen molar-refractivity contribution in [3.63, 3.8) is 0 Å². The highest BCUT2D eigenvalue weighted by Gasteiger charge is 2.36. The molecule has 1 saturated heterocycles. The SMILES string of the molecule is CC(=O)N1CCC(c2nsc(C(=O)Nc3cnc(-n4nccn4)c(C#N)c3)c2C2CC2)CC1. The van der Waals surface area contributed by atoms with Gasteiger partial charge in [-0.25, -0.2) is 4.98 Å². The lowest BCUT2D eigenvalue weighted by Gasteiger charge is -2.31. The predicted molar refractivity (Wildman–Crippen MR) is 120 cm³/mol. The zero-order chi connectivity index (χ0) is 22.9. The van der Waals surface area contributed by atoms with E-state index in [1.807, 2.05) is 4.90 Å². The molecule has 1 saturated carbocycles. The molecule has 4 heterocycles. The summed E-state index contributed by atoms with van der Waals surface area (Å²) in [5, 5.41) is 20.4. The molecule has 0 aromatic carbocycles. The van der Waals surface area contributed by atoms with Gasteiger partial charge in [-0.15, -0.1) is 4.80 Å². The maximum atomic E-state index is 13.2. The second kappa shape index (κ2) is 8.71. The number of amides is 2. The van der Waals surface area contributed by atoms with Crippen LogP contribution < -0.4 is 5.32 Å². The quantitative estimate of drug-likeness (QED) is 0.617. The van der Waals surface area contributed by atoms with E-state index in [2.05, 4.69) is 26.6 Å². The predicted octanol–water partition coefficient (Wildman–Crippen LogP) is 2.85. The summed E-state index contributed by atoms with van der Waals surface area (Å²) in [6.45, 7) is 3.05. The Morgan fingerprint density at radius 3 is 2.52 bits per heavy atom. The van der Waals surface area contributed by atoms with Gasteiger partial charge in [0.1, 0.15) is 16.5 Å². The van der Waals surface area contributed by atoms with Crippen LogP contribution in [0.2, 0.25) is 0 Å². The number of pyridine rings is 1. The van der Waals surface area contributed by atoms with Gasteiger partial charge >= 0.3 is 0 Å². The smallest absolute Gasteiger partial charge is 0.267 e. The molecule has 0 bridgehead atoms. The van der Waals surface area contributed by atoms with Crippen LogP contribution in [0.1, 0.15) is 70.9 Å². The van der Waals surface area contributed by atoms with Gasteiger partial charge in [-0.1, -0.05) is 0 Å².